The molecule has 2 aromatic heterocycles. The molecule has 1 saturated carbocycles. The third-order valence-corrected chi connectivity index (χ3v) is 6.16. The molecule has 170 valence electrons. The van der Waals surface area contributed by atoms with Crippen LogP contribution >= 0.6 is 0 Å². The number of fused-ring (bicyclic) bond motifs is 2. The fourth-order valence-corrected chi connectivity index (χ4v) is 4.92. The van der Waals surface area contributed by atoms with E-state index in [1.165, 1.54) is 0 Å². The van der Waals surface area contributed by atoms with Crippen LogP contribution in [0.25, 0.3) is 5.52 Å². The molecule has 0 amide bonds. The minimum atomic E-state index is -0.474. The number of ketones is 1. The Bertz CT molecular complexity index is 1100. The van der Waals surface area contributed by atoms with Gasteiger partial charge in [0.15, 0.2) is 0 Å². The molecule has 0 spiro atoms. The van der Waals surface area contributed by atoms with Gasteiger partial charge in [0, 0.05) is 42.5 Å². The molecule has 2 aliphatic rings. The number of rotatable bonds is 7. The Morgan fingerprint density at radius 1 is 1.25 bits per heavy atom. The fraction of sp³-hybridized carbons (Fsp3) is 0.480. The SMILES string of the molecule is CCOC(=O)C1=C(COCCN)N=C2CC(C)(C)CC(=O)C2C1c1ccn2cccc2c1. The molecule has 3 heterocycles. The van der Waals surface area contributed by atoms with Crippen LogP contribution in [-0.4, -0.2) is 48.2 Å². The molecule has 7 nitrogen and oxygen atoms in total. The number of carbonyl (C=O) groups is 2. The molecule has 2 atom stereocenters. The normalized spacial score (nSPS) is 22.6. The van der Waals surface area contributed by atoms with Gasteiger partial charge >= 0.3 is 5.97 Å². The van der Waals surface area contributed by atoms with Gasteiger partial charge in [-0.1, -0.05) is 13.8 Å². The van der Waals surface area contributed by atoms with Gasteiger partial charge in [0.1, 0.15) is 5.78 Å². The summed E-state index contributed by atoms with van der Waals surface area (Å²) in [5, 5.41) is 0. The number of nitrogens with zero attached hydrogens (tertiary/aromatic N) is 2. The van der Waals surface area contributed by atoms with Crippen molar-refractivity contribution in [1.29, 1.82) is 0 Å². The van der Waals surface area contributed by atoms with Crippen LogP contribution in [0.3, 0.4) is 0 Å². The molecule has 2 unspecified atom stereocenters. The predicted molar refractivity (Wildman–Crippen MR) is 123 cm³/mol. The topological polar surface area (TPSA) is 95.4 Å². The quantitative estimate of drug-likeness (QED) is 0.530. The highest BCUT2D eigenvalue weighted by atomic mass is 16.5. The predicted octanol–water partition coefficient (Wildman–Crippen LogP) is 3.28. The summed E-state index contributed by atoms with van der Waals surface area (Å²) >= 11 is 0. The number of nitrogens with two attached hydrogens (primary N) is 1. The smallest absolute Gasteiger partial charge is 0.336 e. The summed E-state index contributed by atoms with van der Waals surface area (Å²) in [6.45, 7) is 7.07. The first kappa shape index (κ1) is 22.4. The second-order valence-corrected chi connectivity index (χ2v) is 9.27. The second-order valence-electron chi connectivity index (χ2n) is 9.27. The molecule has 1 aliphatic heterocycles. The van der Waals surface area contributed by atoms with Gasteiger partial charge in [-0.25, -0.2) is 4.79 Å². The van der Waals surface area contributed by atoms with Gasteiger partial charge in [0.2, 0.25) is 0 Å². The molecule has 2 aromatic rings. The lowest BCUT2D eigenvalue weighted by atomic mass is 9.63. The zero-order valence-corrected chi connectivity index (χ0v) is 19.0. The number of hydrogen-bond acceptors (Lipinski definition) is 6. The third kappa shape index (κ3) is 4.27. The lowest BCUT2D eigenvalue weighted by molar-refractivity contribution is -0.139. The highest BCUT2D eigenvalue weighted by Gasteiger charge is 2.48. The van der Waals surface area contributed by atoms with Crippen LogP contribution in [0.1, 0.15) is 45.1 Å². The second kappa shape index (κ2) is 9.00. The molecule has 1 aliphatic carbocycles. The standard InChI is InChI=1S/C25H31N3O4/c1-4-32-24(30)23-19(15-31-11-8-26)27-18-13-25(2,3)14-20(29)22(18)21(23)16-7-10-28-9-5-6-17(28)12-16/h5-7,9-10,12,21-22H,4,8,11,13-15,26H2,1-3H3. The molecule has 0 bridgehead atoms. The first-order valence-corrected chi connectivity index (χ1v) is 11.2. The molecule has 4 rings (SSSR count). The number of Topliss-reactive ketones (excluding diaryl/α,β-unsaturated/α-hetero) is 1. The van der Waals surface area contributed by atoms with E-state index in [0.717, 1.165) is 16.8 Å². The summed E-state index contributed by atoms with van der Waals surface area (Å²) in [4.78, 5) is 31.5. The van der Waals surface area contributed by atoms with Crippen molar-refractivity contribution in [2.75, 3.05) is 26.4 Å². The van der Waals surface area contributed by atoms with Gasteiger partial charge in [-0.3, -0.25) is 9.79 Å². The van der Waals surface area contributed by atoms with Crippen LogP contribution in [0.4, 0.5) is 0 Å². The van der Waals surface area contributed by atoms with Gasteiger partial charge < -0.3 is 19.6 Å². The molecule has 1 fully saturated rings. The Morgan fingerprint density at radius 3 is 2.81 bits per heavy atom. The summed E-state index contributed by atoms with van der Waals surface area (Å²) in [6.07, 6.45) is 5.08. The first-order valence-electron chi connectivity index (χ1n) is 11.2. The van der Waals surface area contributed by atoms with E-state index >= 15 is 0 Å². The van der Waals surface area contributed by atoms with E-state index < -0.39 is 17.8 Å². The Hall–Kier alpha value is -2.77. The minimum absolute atomic E-state index is 0.115. The monoisotopic (exact) mass is 437 g/mol. The van der Waals surface area contributed by atoms with Crippen molar-refractivity contribution >= 4 is 23.0 Å². The maximum atomic E-state index is 13.4. The van der Waals surface area contributed by atoms with Gasteiger partial charge in [0.05, 0.1) is 37.0 Å². The van der Waals surface area contributed by atoms with Crippen molar-refractivity contribution in [3.8, 4) is 0 Å². The lowest BCUT2D eigenvalue weighted by Gasteiger charge is -2.41. The summed E-state index contributed by atoms with van der Waals surface area (Å²) < 4.78 is 13.1. The average molecular weight is 438 g/mol. The minimum Gasteiger partial charge on any atom is -0.463 e. The van der Waals surface area contributed by atoms with Crippen molar-refractivity contribution in [1.82, 2.24) is 4.40 Å². The molecule has 7 heteroatoms. The Balaban J connectivity index is 1.89. The van der Waals surface area contributed by atoms with Gasteiger partial charge in [0.25, 0.3) is 0 Å². The average Bonchev–Trinajstić information content (AvgIpc) is 3.20. The van der Waals surface area contributed by atoms with E-state index in [2.05, 4.69) is 13.8 Å². The third-order valence-electron chi connectivity index (χ3n) is 6.16. The molecule has 2 N–H and O–H groups in total. The van der Waals surface area contributed by atoms with Crippen molar-refractivity contribution in [3.63, 3.8) is 0 Å². The largest absolute Gasteiger partial charge is 0.463 e. The zero-order valence-electron chi connectivity index (χ0n) is 19.0. The van der Waals surface area contributed by atoms with Crippen LogP contribution in [0, 0.1) is 11.3 Å². The maximum absolute atomic E-state index is 13.4. The summed E-state index contributed by atoms with van der Waals surface area (Å²) in [6, 6.07) is 7.99. The molecule has 0 aromatic carbocycles. The van der Waals surface area contributed by atoms with Gasteiger partial charge in [-0.15, -0.1) is 0 Å². The Labute approximate surface area is 188 Å². The number of hydrogen-bond donors (Lipinski definition) is 1. The van der Waals surface area contributed by atoms with E-state index in [1.54, 1.807) is 6.92 Å². The number of esters is 1. The summed E-state index contributed by atoms with van der Waals surface area (Å²) in [7, 11) is 0. The van der Waals surface area contributed by atoms with Crippen molar-refractivity contribution in [3.05, 3.63) is 53.5 Å². The number of aliphatic imine (C=N–C) groups is 1. The number of pyridine rings is 1. The fourth-order valence-electron chi connectivity index (χ4n) is 4.92. The highest BCUT2D eigenvalue weighted by Crippen LogP contribution is 2.47. The van der Waals surface area contributed by atoms with Crippen LogP contribution < -0.4 is 5.73 Å². The zero-order chi connectivity index (χ0) is 22.9. The van der Waals surface area contributed by atoms with Gasteiger partial charge in [-0.05, 0) is 48.6 Å². The van der Waals surface area contributed by atoms with E-state index in [0.29, 0.717) is 37.3 Å². The van der Waals surface area contributed by atoms with Crippen LogP contribution in [0.2, 0.25) is 0 Å². The van der Waals surface area contributed by atoms with Crippen LogP contribution in [0.5, 0.6) is 0 Å². The Kier molecular flexibility index (Phi) is 6.31. The molecule has 32 heavy (non-hydrogen) atoms. The van der Waals surface area contributed by atoms with Crippen LogP contribution in [-0.2, 0) is 19.1 Å². The van der Waals surface area contributed by atoms with E-state index in [9.17, 15) is 9.59 Å². The molecule has 0 radical (unpaired) electrons. The van der Waals surface area contributed by atoms with Crippen LogP contribution in [0.15, 0.2) is 52.9 Å². The van der Waals surface area contributed by atoms with E-state index in [1.807, 2.05) is 41.1 Å². The van der Waals surface area contributed by atoms with E-state index in [-0.39, 0.29) is 24.4 Å². The number of ether oxygens (including phenoxy) is 2. The molecular formula is C25H31N3O4. The molecule has 0 saturated heterocycles. The van der Waals surface area contributed by atoms with E-state index in [4.69, 9.17) is 20.2 Å². The van der Waals surface area contributed by atoms with Gasteiger partial charge in [-0.2, -0.15) is 0 Å². The first-order chi connectivity index (χ1) is 15.3. The number of carbonyl (C=O) groups excluding carboxylic acids is 2. The Morgan fingerprint density at radius 2 is 2.06 bits per heavy atom. The lowest BCUT2D eigenvalue weighted by Crippen LogP contribution is -2.44. The summed E-state index contributed by atoms with van der Waals surface area (Å²) in [5.74, 6) is -1.26. The summed E-state index contributed by atoms with van der Waals surface area (Å²) in [5.41, 5.74) is 9.10. The highest BCUT2D eigenvalue weighted by molar-refractivity contribution is 6.12. The number of aromatic nitrogens is 1. The van der Waals surface area contributed by atoms with Crippen molar-refractivity contribution in [2.45, 2.75) is 39.5 Å². The maximum Gasteiger partial charge on any atom is 0.336 e. The van der Waals surface area contributed by atoms with Crippen molar-refractivity contribution in [2.24, 2.45) is 22.1 Å². The molecular weight excluding hydrogens is 406 g/mol. The van der Waals surface area contributed by atoms with Crippen molar-refractivity contribution < 1.29 is 19.1 Å².